The Morgan fingerprint density at radius 2 is 1.88 bits per heavy atom. The lowest BCUT2D eigenvalue weighted by Crippen LogP contribution is -2.45. The van der Waals surface area contributed by atoms with E-state index in [1.165, 1.54) is 6.42 Å². The Morgan fingerprint density at radius 3 is 2.35 bits per heavy atom. The molecule has 1 amide bonds. The molecule has 0 aromatic rings. The first kappa shape index (κ1) is 14.4. The molecule has 0 heterocycles. The van der Waals surface area contributed by atoms with Gasteiger partial charge in [-0.05, 0) is 24.8 Å². The molecule has 1 aliphatic rings. The maximum absolute atomic E-state index is 11.4. The highest BCUT2D eigenvalue weighted by atomic mass is 32.2. The topological polar surface area (TPSA) is 89.3 Å². The molecular formula is C11H22N2O3S. The maximum atomic E-state index is 11.4. The zero-order valence-electron chi connectivity index (χ0n) is 10.4. The van der Waals surface area contributed by atoms with Gasteiger partial charge in [0.05, 0.1) is 0 Å². The van der Waals surface area contributed by atoms with Gasteiger partial charge in [-0.3, -0.25) is 4.79 Å². The van der Waals surface area contributed by atoms with E-state index < -0.39 is 21.5 Å². The molecule has 0 spiro atoms. The molecule has 0 aromatic heterocycles. The van der Waals surface area contributed by atoms with Crippen molar-refractivity contribution in [3.63, 3.8) is 0 Å². The minimum Gasteiger partial charge on any atom is -0.355 e. The van der Waals surface area contributed by atoms with E-state index >= 15 is 0 Å². The van der Waals surface area contributed by atoms with Gasteiger partial charge in [-0.1, -0.05) is 19.3 Å². The van der Waals surface area contributed by atoms with Crippen molar-refractivity contribution in [2.45, 2.75) is 32.1 Å². The number of hydrogen-bond donors (Lipinski definition) is 2. The van der Waals surface area contributed by atoms with E-state index in [2.05, 4.69) is 5.32 Å². The Kier molecular flexibility index (Phi) is 4.94. The molecule has 1 fully saturated rings. The number of amides is 1. The fourth-order valence-electron chi connectivity index (χ4n) is 2.33. The highest BCUT2D eigenvalue weighted by Crippen LogP contribution is 2.34. The standard InChI is InChI=1S/C11H22N2O3S/c1-17(15,16)7-10(14)13-9-11(8-12)5-3-2-4-6-11/h2-9,12H2,1H3,(H,13,14). The van der Waals surface area contributed by atoms with Crippen LogP contribution in [0.4, 0.5) is 0 Å². The van der Waals surface area contributed by atoms with Crippen molar-refractivity contribution in [2.24, 2.45) is 11.1 Å². The number of carbonyl (C=O) groups excluding carboxylic acids is 1. The lowest BCUT2D eigenvalue weighted by Gasteiger charge is -2.36. The van der Waals surface area contributed by atoms with Gasteiger partial charge in [-0.25, -0.2) is 8.42 Å². The van der Waals surface area contributed by atoms with Crippen LogP contribution in [0.2, 0.25) is 0 Å². The Balaban J connectivity index is 2.45. The number of nitrogens with one attached hydrogen (secondary N) is 1. The van der Waals surface area contributed by atoms with Crippen LogP contribution < -0.4 is 11.1 Å². The predicted molar refractivity (Wildman–Crippen MR) is 67.3 cm³/mol. The van der Waals surface area contributed by atoms with Crippen molar-refractivity contribution in [1.82, 2.24) is 5.32 Å². The lowest BCUT2D eigenvalue weighted by molar-refractivity contribution is -0.119. The molecule has 0 unspecified atom stereocenters. The third-order valence-corrected chi connectivity index (χ3v) is 4.19. The molecule has 3 N–H and O–H groups in total. The first-order valence-electron chi connectivity index (χ1n) is 6.01. The van der Waals surface area contributed by atoms with Gasteiger partial charge in [-0.2, -0.15) is 0 Å². The summed E-state index contributed by atoms with van der Waals surface area (Å²) in [5.41, 5.74) is 5.76. The first-order valence-corrected chi connectivity index (χ1v) is 8.07. The van der Waals surface area contributed by atoms with Crippen molar-refractivity contribution >= 4 is 15.7 Å². The Labute approximate surface area is 103 Å². The monoisotopic (exact) mass is 262 g/mol. The summed E-state index contributed by atoms with van der Waals surface area (Å²) in [7, 11) is -3.25. The Hall–Kier alpha value is -0.620. The van der Waals surface area contributed by atoms with Gasteiger partial charge < -0.3 is 11.1 Å². The van der Waals surface area contributed by atoms with Crippen molar-refractivity contribution in [3.8, 4) is 0 Å². The molecule has 1 saturated carbocycles. The van der Waals surface area contributed by atoms with Crippen LogP contribution in [0.5, 0.6) is 0 Å². The van der Waals surface area contributed by atoms with E-state index in [4.69, 9.17) is 5.73 Å². The van der Waals surface area contributed by atoms with Crippen LogP contribution in [0.15, 0.2) is 0 Å². The van der Waals surface area contributed by atoms with Crippen LogP contribution in [0.1, 0.15) is 32.1 Å². The van der Waals surface area contributed by atoms with Gasteiger partial charge in [0.1, 0.15) is 5.75 Å². The summed E-state index contributed by atoms with van der Waals surface area (Å²) in [4.78, 5) is 11.4. The molecule has 1 rings (SSSR count). The largest absolute Gasteiger partial charge is 0.355 e. The zero-order chi connectivity index (χ0) is 12.9. The van der Waals surface area contributed by atoms with Gasteiger partial charge in [0.25, 0.3) is 0 Å². The molecule has 0 aliphatic heterocycles. The van der Waals surface area contributed by atoms with Gasteiger partial charge in [0.2, 0.25) is 5.91 Å². The van der Waals surface area contributed by atoms with Crippen LogP contribution in [-0.4, -0.2) is 39.4 Å². The van der Waals surface area contributed by atoms with Crippen molar-refractivity contribution in [3.05, 3.63) is 0 Å². The highest BCUT2D eigenvalue weighted by Gasteiger charge is 2.31. The van der Waals surface area contributed by atoms with Gasteiger partial charge in [-0.15, -0.1) is 0 Å². The van der Waals surface area contributed by atoms with E-state index in [1.807, 2.05) is 0 Å². The maximum Gasteiger partial charge on any atom is 0.235 e. The molecule has 0 bridgehead atoms. The first-order chi connectivity index (χ1) is 7.87. The second kappa shape index (κ2) is 5.82. The normalized spacial score (nSPS) is 19.9. The summed E-state index contributed by atoms with van der Waals surface area (Å²) in [6.45, 7) is 1.05. The molecule has 0 saturated heterocycles. The second-order valence-corrected chi connectivity index (χ2v) is 7.25. The summed E-state index contributed by atoms with van der Waals surface area (Å²) >= 11 is 0. The number of sulfone groups is 1. The summed E-state index contributed by atoms with van der Waals surface area (Å²) in [5.74, 6) is -0.862. The van der Waals surface area contributed by atoms with Gasteiger partial charge in [0, 0.05) is 12.8 Å². The van der Waals surface area contributed by atoms with Crippen molar-refractivity contribution < 1.29 is 13.2 Å². The van der Waals surface area contributed by atoms with Crippen LogP contribution in [0.3, 0.4) is 0 Å². The molecule has 0 radical (unpaired) electrons. The molecular weight excluding hydrogens is 240 g/mol. The molecule has 1 aliphatic carbocycles. The molecule has 5 nitrogen and oxygen atoms in total. The number of hydrogen-bond acceptors (Lipinski definition) is 4. The Bertz CT molecular complexity index is 359. The lowest BCUT2D eigenvalue weighted by atomic mass is 9.74. The molecule has 100 valence electrons. The van der Waals surface area contributed by atoms with Gasteiger partial charge >= 0.3 is 0 Å². The smallest absolute Gasteiger partial charge is 0.235 e. The van der Waals surface area contributed by atoms with E-state index in [0.29, 0.717) is 13.1 Å². The van der Waals surface area contributed by atoms with Crippen LogP contribution in [0, 0.1) is 5.41 Å². The molecule has 0 aromatic carbocycles. The fraction of sp³-hybridized carbons (Fsp3) is 0.909. The van der Waals surface area contributed by atoms with Crippen LogP contribution in [0.25, 0.3) is 0 Å². The highest BCUT2D eigenvalue weighted by molar-refractivity contribution is 7.91. The SMILES string of the molecule is CS(=O)(=O)CC(=O)NCC1(CN)CCCCC1. The summed E-state index contributed by atoms with van der Waals surface area (Å²) in [5, 5.41) is 2.70. The fourth-order valence-corrected chi connectivity index (χ4v) is 2.91. The zero-order valence-corrected chi connectivity index (χ0v) is 11.2. The summed E-state index contributed by atoms with van der Waals surface area (Å²) < 4.78 is 21.9. The quantitative estimate of drug-likeness (QED) is 0.733. The average molecular weight is 262 g/mol. The second-order valence-electron chi connectivity index (χ2n) is 5.11. The average Bonchev–Trinajstić information content (AvgIpc) is 2.25. The Morgan fingerprint density at radius 1 is 1.29 bits per heavy atom. The minimum absolute atomic E-state index is 0.0224. The predicted octanol–water partition coefficient (Wildman–Crippen LogP) is 0.0564. The van der Waals surface area contributed by atoms with E-state index in [9.17, 15) is 13.2 Å². The molecule has 6 heteroatoms. The van der Waals surface area contributed by atoms with Gasteiger partial charge in [0.15, 0.2) is 9.84 Å². The van der Waals surface area contributed by atoms with E-state index in [0.717, 1.165) is 31.9 Å². The third-order valence-electron chi connectivity index (χ3n) is 3.40. The van der Waals surface area contributed by atoms with Crippen molar-refractivity contribution in [2.75, 3.05) is 25.1 Å². The molecule has 0 atom stereocenters. The number of carbonyl (C=O) groups is 1. The third kappa shape index (κ3) is 5.04. The van der Waals surface area contributed by atoms with Crippen molar-refractivity contribution in [1.29, 1.82) is 0 Å². The minimum atomic E-state index is -3.25. The van der Waals surface area contributed by atoms with E-state index in [1.54, 1.807) is 0 Å². The van der Waals surface area contributed by atoms with E-state index in [-0.39, 0.29) is 5.41 Å². The van der Waals surface area contributed by atoms with Crippen LogP contribution >= 0.6 is 0 Å². The summed E-state index contributed by atoms with van der Waals surface area (Å²) in [6.07, 6.45) is 6.59. The van der Waals surface area contributed by atoms with Crippen LogP contribution in [-0.2, 0) is 14.6 Å². The number of rotatable bonds is 5. The molecule has 17 heavy (non-hydrogen) atoms. The summed E-state index contributed by atoms with van der Waals surface area (Å²) in [6, 6.07) is 0. The number of nitrogens with two attached hydrogens (primary N) is 1.